The highest BCUT2D eigenvalue weighted by molar-refractivity contribution is 7.93. The third-order valence-electron chi connectivity index (χ3n) is 5.88. The molecule has 0 aromatic heterocycles. The van der Waals surface area contributed by atoms with Crippen LogP contribution in [0.4, 0.5) is 5.69 Å². The average Bonchev–Trinajstić information content (AvgIpc) is 3.32. The summed E-state index contributed by atoms with van der Waals surface area (Å²) < 4.78 is 45.2. The quantitative estimate of drug-likeness (QED) is 0.503. The molecule has 0 saturated carbocycles. The van der Waals surface area contributed by atoms with Crippen molar-refractivity contribution in [2.75, 3.05) is 18.2 Å². The Morgan fingerprint density at radius 3 is 2.53 bits per heavy atom. The number of rotatable bonds is 5. The van der Waals surface area contributed by atoms with Crippen LogP contribution in [0.25, 0.3) is 5.57 Å². The Labute approximate surface area is 198 Å². The first-order valence-corrected chi connectivity index (χ1v) is 12.4. The van der Waals surface area contributed by atoms with Crippen molar-refractivity contribution >= 4 is 27.3 Å². The molecule has 5 rings (SSSR count). The maximum atomic E-state index is 14.0. The van der Waals surface area contributed by atoms with Crippen molar-refractivity contribution in [2.45, 2.75) is 24.7 Å². The topological polar surface area (TPSA) is 82.1 Å². The molecule has 2 heterocycles. The van der Waals surface area contributed by atoms with Gasteiger partial charge >= 0.3 is 5.97 Å². The van der Waals surface area contributed by atoms with E-state index in [9.17, 15) is 13.2 Å². The van der Waals surface area contributed by atoms with Crippen molar-refractivity contribution in [1.82, 2.24) is 0 Å². The molecule has 0 bridgehead atoms. The molecule has 0 N–H and O–H groups in total. The molecule has 34 heavy (non-hydrogen) atoms. The second-order valence-corrected chi connectivity index (χ2v) is 9.68. The molecule has 0 saturated heterocycles. The van der Waals surface area contributed by atoms with E-state index >= 15 is 0 Å². The highest BCUT2D eigenvalue weighted by Gasteiger charge is 2.42. The summed E-state index contributed by atoms with van der Waals surface area (Å²) in [6.07, 6.45) is 1.46. The van der Waals surface area contributed by atoms with E-state index in [0.29, 0.717) is 40.3 Å². The van der Waals surface area contributed by atoms with Crippen LogP contribution in [0, 0.1) is 0 Å². The van der Waals surface area contributed by atoms with Gasteiger partial charge in [0.05, 0.1) is 17.7 Å². The van der Waals surface area contributed by atoms with E-state index in [2.05, 4.69) is 0 Å². The van der Waals surface area contributed by atoms with E-state index in [0.717, 1.165) is 16.3 Å². The molecule has 0 aliphatic carbocycles. The smallest absolute Gasteiger partial charge is 0.356 e. The average molecular weight is 478 g/mol. The number of nitrogens with zero attached hydrogens (tertiary/aromatic N) is 1. The Kier molecular flexibility index (Phi) is 5.53. The van der Waals surface area contributed by atoms with Gasteiger partial charge in [-0.15, -0.1) is 0 Å². The van der Waals surface area contributed by atoms with E-state index in [1.807, 2.05) is 19.1 Å². The second-order valence-electron chi connectivity index (χ2n) is 7.93. The van der Waals surface area contributed by atoms with Crippen molar-refractivity contribution in [1.29, 1.82) is 0 Å². The Bertz CT molecular complexity index is 1430. The monoisotopic (exact) mass is 477 g/mol. The van der Waals surface area contributed by atoms with Crippen LogP contribution in [-0.4, -0.2) is 28.3 Å². The van der Waals surface area contributed by atoms with Gasteiger partial charge in [0.15, 0.2) is 17.2 Å². The number of anilines is 1. The maximum Gasteiger partial charge on any atom is 0.356 e. The minimum absolute atomic E-state index is 0.0661. The number of para-hydroxylation sites is 1. The zero-order valence-electron chi connectivity index (χ0n) is 18.8. The largest absolute Gasteiger partial charge is 0.464 e. The van der Waals surface area contributed by atoms with Gasteiger partial charge in [0.2, 0.25) is 6.79 Å². The van der Waals surface area contributed by atoms with Crippen LogP contribution in [0.2, 0.25) is 0 Å². The van der Waals surface area contributed by atoms with Crippen LogP contribution >= 0.6 is 0 Å². The summed E-state index contributed by atoms with van der Waals surface area (Å²) in [5, 5.41) is 0. The normalized spacial score (nSPS) is 15.8. The Balaban J connectivity index is 1.88. The third kappa shape index (κ3) is 3.42. The van der Waals surface area contributed by atoms with Crippen LogP contribution in [0.15, 0.2) is 77.3 Å². The Hall–Kier alpha value is -3.78. The fourth-order valence-corrected chi connectivity index (χ4v) is 6.15. The van der Waals surface area contributed by atoms with Gasteiger partial charge in [0, 0.05) is 11.1 Å². The van der Waals surface area contributed by atoms with Gasteiger partial charge in [0.1, 0.15) is 0 Å². The van der Waals surface area contributed by atoms with Crippen molar-refractivity contribution in [2.24, 2.45) is 0 Å². The first-order valence-electron chi connectivity index (χ1n) is 10.9. The van der Waals surface area contributed by atoms with Crippen LogP contribution in [-0.2, 0) is 26.0 Å². The molecule has 0 atom stereocenters. The van der Waals surface area contributed by atoms with Gasteiger partial charge in [-0.3, -0.25) is 0 Å². The predicted molar refractivity (Wildman–Crippen MR) is 127 cm³/mol. The van der Waals surface area contributed by atoms with Crippen molar-refractivity contribution < 1.29 is 27.4 Å². The standard InChI is InChI=1S/C26H23NO6S/c1-3-8-17-9-4-6-11-20(17)27-25(26(28)31-2)24(18-13-14-21-22(15-18)33-16-32-21)19-10-5-7-12-23(19)34(27,29)30/h4-7,9-15H,3,8,16H2,1-2H3. The molecule has 7 nitrogen and oxygen atoms in total. The lowest BCUT2D eigenvalue weighted by molar-refractivity contribution is -0.136. The number of ether oxygens (including phenoxy) is 3. The van der Waals surface area contributed by atoms with Gasteiger partial charge < -0.3 is 14.2 Å². The SMILES string of the molecule is CCCc1ccccc1N1C(C(=O)OC)=C(c2ccc3c(c2)OCO3)c2ccccc2S1(=O)=O. The number of sulfonamides is 1. The van der Waals surface area contributed by atoms with Crippen molar-refractivity contribution in [3.8, 4) is 11.5 Å². The van der Waals surface area contributed by atoms with Gasteiger partial charge in [-0.2, -0.15) is 0 Å². The first kappa shape index (κ1) is 22.0. The maximum absolute atomic E-state index is 14.0. The zero-order valence-corrected chi connectivity index (χ0v) is 19.6. The highest BCUT2D eigenvalue weighted by atomic mass is 32.2. The van der Waals surface area contributed by atoms with E-state index in [1.54, 1.807) is 54.6 Å². The van der Waals surface area contributed by atoms with Gasteiger partial charge in [-0.1, -0.05) is 55.8 Å². The number of carbonyl (C=O) groups is 1. The number of methoxy groups -OCH3 is 1. The summed E-state index contributed by atoms with van der Waals surface area (Å²) in [7, 11) is -2.87. The highest BCUT2D eigenvalue weighted by Crippen LogP contribution is 2.45. The molecule has 3 aromatic carbocycles. The lowest BCUT2D eigenvalue weighted by atomic mass is 9.94. The zero-order chi connectivity index (χ0) is 23.9. The summed E-state index contributed by atoms with van der Waals surface area (Å²) in [5.74, 6) is 0.362. The summed E-state index contributed by atoms with van der Waals surface area (Å²) >= 11 is 0. The minimum atomic E-state index is -4.11. The second kappa shape index (κ2) is 8.53. The molecular weight excluding hydrogens is 454 g/mol. The van der Waals surface area contributed by atoms with Gasteiger partial charge in [-0.05, 0) is 41.8 Å². The summed E-state index contributed by atoms with van der Waals surface area (Å²) in [4.78, 5) is 13.4. The van der Waals surface area contributed by atoms with E-state index in [-0.39, 0.29) is 17.4 Å². The number of hydrogen-bond donors (Lipinski definition) is 0. The van der Waals surface area contributed by atoms with Gasteiger partial charge in [0.25, 0.3) is 10.0 Å². The lowest BCUT2D eigenvalue weighted by Gasteiger charge is -2.34. The number of benzene rings is 3. The molecule has 174 valence electrons. The van der Waals surface area contributed by atoms with Gasteiger partial charge in [-0.25, -0.2) is 17.5 Å². The number of hydrogen-bond acceptors (Lipinski definition) is 6. The van der Waals surface area contributed by atoms with Crippen molar-refractivity contribution in [3.63, 3.8) is 0 Å². The Morgan fingerprint density at radius 1 is 1.00 bits per heavy atom. The molecule has 8 heteroatoms. The molecule has 0 fully saturated rings. The van der Waals surface area contributed by atoms with Crippen LogP contribution in [0.5, 0.6) is 11.5 Å². The molecule has 0 radical (unpaired) electrons. The summed E-state index contributed by atoms with van der Waals surface area (Å²) in [6, 6.07) is 19.2. The first-order chi connectivity index (χ1) is 16.5. The number of esters is 1. The predicted octanol–water partition coefficient (Wildman–Crippen LogP) is 4.51. The fourth-order valence-electron chi connectivity index (χ4n) is 4.41. The molecule has 0 unspecified atom stereocenters. The van der Waals surface area contributed by atoms with E-state index in [1.165, 1.54) is 7.11 Å². The van der Waals surface area contributed by atoms with E-state index in [4.69, 9.17) is 14.2 Å². The summed E-state index contributed by atoms with van der Waals surface area (Å²) in [5.41, 5.74) is 2.67. The summed E-state index contributed by atoms with van der Waals surface area (Å²) in [6.45, 7) is 2.12. The van der Waals surface area contributed by atoms with Crippen LogP contribution in [0.1, 0.15) is 30.0 Å². The van der Waals surface area contributed by atoms with Crippen molar-refractivity contribution in [3.05, 3.63) is 89.1 Å². The molecule has 2 aliphatic heterocycles. The number of fused-ring (bicyclic) bond motifs is 2. The molecule has 3 aromatic rings. The lowest BCUT2D eigenvalue weighted by Crippen LogP contribution is -2.39. The molecule has 2 aliphatic rings. The van der Waals surface area contributed by atoms with Crippen LogP contribution < -0.4 is 13.8 Å². The molecule has 0 amide bonds. The number of carbonyl (C=O) groups excluding carboxylic acids is 1. The minimum Gasteiger partial charge on any atom is -0.464 e. The number of aryl methyl sites for hydroxylation is 1. The molecular formula is C26H23NO6S. The Morgan fingerprint density at radius 2 is 1.74 bits per heavy atom. The third-order valence-corrected chi connectivity index (χ3v) is 7.66. The fraction of sp³-hybridized carbons (Fsp3) is 0.192. The van der Waals surface area contributed by atoms with Crippen LogP contribution in [0.3, 0.4) is 0 Å². The van der Waals surface area contributed by atoms with E-state index < -0.39 is 16.0 Å². The molecule has 0 spiro atoms.